The van der Waals surface area contributed by atoms with Crippen LogP contribution >= 0.6 is 0 Å². The molecule has 20 heavy (non-hydrogen) atoms. The van der Waals surface area contributed by atoms with Crippen LogP contribution in [0.2, 0.25) is 0 Å². The summed E-state index contributed by atoms with van der Waals surface area (Å²) in [5.41, 5.74) is 12.4. The van der Waals surface area contributed by atoms with Crippen molar-refractivity contribution in [1.82, 2.24) is 9.97 Å². The molecule has 0 aliphatic heterocycles. The minimum Gasteiger partial charge on any atom is -0.391 e. The van der Waals surface area contributed by atoms with Crippen LogP contribution in [0.5, 0.6) is 0 Å². The predicted octanol–water partition coefficient (Wildman–Crippen LogP) is -2.60. The number of hydrogen-bond acceptors (Lipinski definition) is 8. The van der Waals surface area contributed by atoms with Gasteiger partial charge in [-0.05, 0) is 6.92 Å². The zero-order chi connectivity index (χ0) is 15.3. The van der Waals surface area contributed by atoms with Gasteiger partial charge in [-0.3, -0.25) is 9.97 Å². The lowest BCUT2D eigenvalue weighted by Crippen LogP contribution is -2.44. The van der Waals surface area contributed by atoms with Gasteiger partial charge in [-0.2, -0.15) is 0 Å². The van der Waals surface area contributed by atoms with E-state index in [0.717, 1.165) is 0 Å². The Bertz CT molecular complexity index is 430. The zero-order valence-electron chi connectivity index (χ0n) is 11.3. The summed E-state index contributed by atoms with van der Waals surface area (Å²) < 4.78 is 0. The van der Waals surface area contributed by atoms with Crippen LogP contribution in [0.4, 0.5) is 0 Å². The highest BCUT2D eigenvalue weighted by molar-refractivity contribution is 5.15. The minimum absolute atomic E-state index is 0.0433. The van der Waals surface area contributed by atoms with Crippen LogP contribution in [0.1, 0.15) is 24.0 Å². The molecule has 0 saturated carbocycles. The second-order valence-corrected chi connectivity index (χ2v) is 4.66. The molecule has 0 aliphatic rings. The smallest absolute Gasteiger partial charge is 0.109 e. The van der Waals surface area contributed by atoms with Crippen molar-refractivity contribution >= 4 is 0 Å². The van der Waals surface area contributed by atoms with E-state index in [2.05, 4.69) is 9.97 Å². The summed E-state index contributed by atoms with van der Waals surface area (Å²) in [4.78, 5) is 8.29. The monoisotopic (exact) mass is 286 g/mol. The fourth-order valence-electron chi connectivity index (χ4n) is 1.76. The first-order valence-corrected chi connectivity index (χ1v) is 6.36. The molecular formula is C12H22N4O4. The number of aromatic nitrogens is 2. The van der Waals surface area contributed by atoms with E-state index in [9.17, 15) is 20.4 Å². The zero-order valence-corrected chi connectivity index (χ0v) is 11.3. The summed E-state index contributed by atoms with van der Waals surface area (Å²) in [5.74, 6) is 0. The lowest BCUT2D eigenvalue weighted by atomic mass is 9.99. The van der Waals surface area contributed by atoms with Crippen LogP contribution in [-0.2, 0) is 19.5 Å². The molecule has 8 nitrogen and oxygen atoms in total. The Morgan fingerprint density at radius 2 is 1.70 bits per heavy atom. The predicted molar refractivity (Wildman–Crippen MR) is 71.2 cm³/mol. The van der Waals surface area contributed by atoms with Gasteiger partial charge in [-0.25, -0.2) is 0 Å². The number of rotatable bonds is 7. The van der Waals surface area contributed by atoms with E-state index in [1.165, 1.54) is 13.1 Å². The van der Waals surface area contributed by atoms with Crippen molar-refractivity contribution in [2.45, 2.75) is 50.8 Å². The van der Waals surface area contributed by atoms with Crippen molar-refractivity contribution in [3.63, 3.8) is 0 Å². The molecule has 114 valence electrons. The number of hydrogen-bond donors (Lipinski definition) is 6. The summed E-state index contributed by atoms with van der Waals surface area (Å²) in [5, 5.41) is 38.4. The molecule has 0 spiro atoms. The highest BCUT2D eigenvalue weighted by atomic mass is 16.4. The first kappa shape index (κ1) is 16.9. The topological polar surface area (TPSA) is 159 Å². The first-order valence-electron chi connectivity index (χ1n) is 6.36. The fraction of sp³-hybridized carbons (Fsp3) is 0.667. The highest BCUT2D eigenvalue weighted by Gasteiger charge is 2.29. The minimum atomic E-state index is -1.50. The van der Waals surface area contributed by atoms with Crippen LogP contribution in [-0.4, -0.2) is 54.8 Å². The molecule has 0 amide bonds. The highest BCUT2D eigenvalue weighted by Crippen LogP contribution is 2.12. The molecule has 0 bridgehead atoms. The maximum Gasteiger partial charge on any atom is 0.109 e. The van der Waals surface area contributed by atoms with Crippen molar-refractivity contribution < 1.29 is 20.4 Å². The second kappa shape index (κ2) is 7.58. The van der Waals surface area contributed by atoms with Crippen LogP contribution in [0.15, 0.2) is 6.20 Å². The van der Waals surface area contributed by atoms with Crippen LogP contribution in [0.25, 0.3) is 0 Å². The van der Waals surface area contributed by atoms with Crippen molar-refractivity contribution in [2.75, 3.05) is 0 Å². The summed E-state index contributed by atoms with van der Waals surface area (Å²) in [6, 6.07) is 0. The van der Waals surface area contributed by atoms with E-state index in [4.69, 9.17) is 11.5 Å². The summed E-state index contributed by atoms with van der Waals surface area (Å²) in [7, 11) is 0. The quantitative estimate of drug-likeness (QED) is 0.318. The van der Waals surface area contributed by atoms with Gasteiger partial charge in [-0.15, -0.1) is 0 Å². The molecule has 0 fully saturated rings. The average Bonchev–Trinajstić information content (AvgIpc) is 2.45. The molecule has 0 aliphatic carbocycles. The van der Waals surface area contributed by atoms with E-state index < -0.39 is 24.4 Å². The molecular weight excluding hydrogens is 264 g/mol. The summed E-state index contributed by atoms with van der Waals surface area (Å²) in [6.07, 6.45) is -3.94. The van der Waals surface area contributed by atoms with Gasteiger partial charge in [0.25, 0.3) is 0 Å². The maximum atomic E-state index is 9.91. The number of nitrogens with zero attached hydrogens (tertiary/aromatic N) is 2. The molecule has 1 aromatic heterocycles. The van der Waals surface area contributed by atoms with Gasteiger partial charge in [0.15, 0.2) is 0 Å². The third kappa shape index (κ3) is 4.17. The van der Waals surface area contributed by atoms with E-state index >= 15 is 0 Å². The van der Waals surface area contributed by atoms with Gasteiger partial charge in [0.2, 0.25) is 0 Å². The number of aliphatic hydroxyl groups is 4. The Kier molecular flexibility index (Phi) is 6.40. The summed E-state index contributed by atoms with van der Waals surface area (Å²) in [6.45, 7) is 1.65. The Morgan fingerprint density at radius 3 is 2.20 bits per heavy atom. The van der Waals surface area contributed by atoms with E-state index in [0.29, 0.717) is 17.1 Å². The molecule has 0 saturated heterocycles. The van der Waals surface area contributed by atoms with Gasteiger partial charge in [0.05, 0.1) is 35.5 Å². The van der Waals surface area contributed by atoms with E-state index in [-0.39, 0.29) is 19.5 Å². The van der Waals surface area contributed by atoms with E-state index in [1.54, 1.807) is 0 Å². The SMILES string of the molecule is C[C@@H](O)[C@@H](O)[C@H](O)[C@@H](O)Cc1nc(CN)cnc1CN. The van der Waals surface area contributed by atoms with Crippen LogP contribution in [0.3, 0.4) is 0 Å². The molecule has 0 radical (unpaired) electrons. The fourth-order valence-corrected chi connectivity index (χ4v) is 1.76. The normalized spacial score (nSPS) is 17.6. The first-order chi connectivity index (χ1) is 9.40. The Labute approximate surface area is 117 Å². The van der Waals surface area contributed by atoms with Crippen molar-refractivity contribution in [2.24, 2.45) is 11.5 Å². The van der Waals surface area contributed by atoms with Crippen LogP contribution in [0, 0.1) is 0 Å². The average molecular weight is 286 g/mol. The Balaban J connectivity index is 2.86. The lowest BCUT2D eigenvalue weighted by Gasteiger charge is -2.25. The standard InChI is InChI=1S/C12H22N4O4/c1-6(17)11(19)12(20)10(18)2-8-9(4-14)15-5-7(3-13)16-8/h5-6,10-12,17-20H,2-4,13-14H2,1H3/t6-,10+,11-,12-/m1/s1. The van der Waals surface area contributed by atoms with Gasteiger partial charge >= 0.3 is 0 Å². The van der Waals surface area contributed by atoms with Crippen molar-refractivity contribution in [1.29, 1.82) is 0 Å². The molecule has 8 heteroatoms. The van der Waals surface area contributed by atoms with Gasteiger partial charge in [-0.1, -0.05) is 0 Å². The van der Waals surface area contributed by atoms with Gasteiger partial charge < -0.3 is 31.9 Å². The maximum absolute atomic E-state index is 9.91. The Hall–Kier alpha value is -1.16. The van der Waals surface area contributed by atoms with Gasteiger partial charge in [0.1, 0.15) is 12.2 Å². The second-order valence-electron chi connectivity index (χ2n) is 4.66. The Morgan fingerprint density at radius 1 is 1.05 bits per heavy atom. The molecule has 4 atom stereocenters. The van der Waals surface area contributed by atoms with Crippen molar-refractivity contribution in [3.8, 4) is 0 Å². The largest absolute Gasteiger partial charge is 0.391 e. The molecule has 1 rings (SSSR count). The lowest BCUT2D eigenvalue weighted by molar-refractivity contribution is -0.0994. The van der Waals surface area contributed by atoms with Crippen LogP contribution < -0.4 is 11.5 Å². The van der Waals surface area contributed by atoms with E-state index in [1.807, 2.05) is 0 Å². The molecule has 1 aromatic rings. The third-order valence-corrected chi connectivity index (χ3v) is 3.02. The molecule has 0 aromatic carbocycles. The molecule has 8 N–H and O–H groups in total. The molecule has 1 heterocycles. The number of nitrogens with two attached hydrogens (primary N) is 2. The number of aliphatic hydroxyl groups excluding tert-OH is 4. The van der Waals surface area contributed by atoms with Crippen molar-refractivity contribution in [3.05, 3.63) is 23.3 Å². The molecule has 0 unspecified atom stereocenters. The third-order valence-electron chi connectivity index (χ3n) is 3.02. The summed E-state index contributed by atoms with van der Waals surface area (Å²) >= 11 is 0. The van der Waals surface area contributed by atoms with Gasteiger partial charge in [0, 0.05) is 19.5 Å².